The number of nitro groups is 1. The Labute approximate surface area is 154 Å². The number of carbonyl (C=O) groups is 1. The highest BCUT2D eigenvalue weighted by Crippen LogP contribution is 2.45. The number of carboxylic acid groups (broad SMARTS) is 1. The Hall–Kier alpha value is -3.36. The molecule has 2 unspecified atom stereocenters. The lowest BCUT2D eigenvalue weighted by Crippen LogP contribution is -2.32. The van der Waals surface area contributed by atoms with Crippen LogP contribution in [-0.4, -0.2) is 37.8 Å². The van der Waals surface area contributed by atoms with Crippen LogP contribution in [0, 0.1) is 16.0 Å². The number of carboxylic acids is 1. The van der Waals surface area contributed by atoms with E-state index in [4.69, 9.17) is 4.74 Å². The Morgan fingerprint density at radius 1 is 1.33 bits per heavy atom. The summed E-state index contributed by atoms with van der Waals surface area (Å²) in [6.45, 7) is 5.25. The molecular weight excluding hydrogens is 352 g/mol. The Balaban J connectivity index is 2.27. The van der Waals surface area contributed by atoms with Crippen LogP contribution in [0.4, 0.5) is 11.5 Å². The minimum Gasteiger partial charge on any atom is -0.481 e. The molecule has 1 aliphatic rings. The summed E-state index contributed by atoms with van der Waals surface area (Å²) in [6, 6.07) is 5.91. The third kappa shape index (κ3) is 3.48. The van der Waals surface area contributed by atoms with E-state index >= 15 is 0 Å². The topological polar surface area (TPSA) is 128 Å². The van der Waals surface area contributed by atoms with E-state index in [1.54, 1.807) is 13.0 Å². The standard InChI is InChI=1S/C18H18N4O5/c1-9(2)27-17-15-14(11-5-4-6-12(7-11)22(25)26)13(18(23)24)10(3)21-16(15)19-8-20-17/h4-9,13-14H,1-3H3,(H,23,24). The molecule has 1 aliphatic heterocycles. The van der Waals surface area contributed by atoms with Gasteiger partial charge >= 0.3 is 5.97 Å². The first-order valence-corrected chi connectivity index (χ1v) is 8.33. The third-order valence-electron chi connectivity index (χ3n) is 4.26. The lowest BCUT2D eigenvalue weighted by molar-refractivity contribution is -0.384. The molecule has 0 fully saturated rings. The zero-order valence-corrected chi connectivity index (χ0v) is 15.0. The van der Waals surface area contributed by atoms with Gasteiger partial charge in [0.05, 0.1) is 16.6 Å². The van der Waals surface area contributed by atoms with Gasteiger partial charge in [0, 0.05) is 23.8 Å². The Morgan fingerprint density at radius 3 is 2.70 bits per heavy atom. The molecule has 0 amide bonds. The summed E-state index contributed by atoms with van der Waals surface area (Å²) in [6.07, 6.45) is 1.10. The van der Waals surface area contributed by atoms with Gasteiger partial charge in [0.25, 0.3) is 5.69 Å². The van der Waals surface area contributed by atoms with E-state index in [2.05, 4.69) is 15.0 Å². The molecule has 0 radical (unpaired) electrons. The molecule has 27 heavy (non-hydrogen) atoms. The molecule has 0 saturated carbocycles. The summed E-state index contributed by atoms with van der Waals surface area (Å²) < 4.78 is 5.76. The smallest absolute Gasteiger partial charge is 0.313 e. The highest BCUT2D eigenvalue weighted by Gasteiger charge is 2.41. The van der Waals surface area contributed by atoms with Crippen LogP contribution in [0.25, 0.3) is 0 Å². The van der Waals surface area contributed by atoms with Crippen molar-refractivity contribution < 1.29 is 19.6 Å². The van der Waals surface area contributed by atoms with E-state index in [-0.39, 0.29) is 17.7 Å². The van der Waals surface area contributed by atoms with E-state index in [0.717, 1.165) is 0 Å². The Morgan fingerprint density at radius 2 is 2.07 bits per heavy atom. The lowest BCUT2D eigenvalue weighted by atomic mass is 9.77. The number of nitrogens with zero attached hydrogens (tertiary/aromatic N) is 4. The number of non-ortho nitro benzene ring substituents is 1. The molecule has 0 aliphatic carbocycles. The zero-order valence-electron chi connectivity index (χ0n) is 15.0. The summed E-state index contributed by atoms with van der Waals surface area (Å²) in [5.74, 6) is -2.32. The van der Waals surface area contributed by atoms with Crippen molar-refractivity contribution in [2.24, 2.45) is 10.9 Å². The molecule has 1 aromatic carbocycles. The minimum absolute atomic E-state index is 0.124. The molecule has 3 rings (SSSR count). The van der Waals surface area contributed by atoms with Crippen molar-refractivity contribution in [1.82, 2.24) is 9.97 Å². The van der Waals surface area contributed by atoms with Crippen LogP contribution in [0.1, 0.15) is 37.8 Å². The number of aliphatic imine (C=N–C) groups is 1. The molecule has 1 N–H and O–H groups in total. The van der Waals surface area contributed by atoms with E-state index in [9.17, 15) is 20.0 Å². The fourth-order valence-electron chi connectivity index (χ4n) is 3.21. The highest BCUT2D eigenvalue weighted by atomic mass is 16.6. The van der Waals surface area contributed by atoms with Crippen LogP contribution in [0.3, 0.4) is 0 Å². The highest BCUT2D eigenvalue weighted by molar-refractivity contribution is 6.04. The molecule has 9 heteroatoms. The van der Waals surface area contributed by atoms with Gasteiger partial charge in [-0.1, -0.05) is 12.1 Å². The quantitative estimate of drug-likeness (QED) is 0.632. The predicted octanol–water partition coefficient (Wildman–Crippen LogP) is 3.11. The molecule has 9 nitrogen and oxygen atoms in total. The van der Waals surface area contributed by atoms with Crippen molar-refractivity contribution in [2.45, 2.75) is 32.8 Å². The molecule has 2 atom stereocenters. The third-order valence-corrected chi connectivity index (χ3v) is 4.26. The molecule has 0 saturated heterocycles. The summed E-state index contributed by atoms with van der Waals surface area (Å²) in [7, 11) is 0. The number of benzene rings is 1. The first kappa shape index (κ1) is 18.4. The van der Waals surface area contributed by atoms with Gasteiger partial charge in [0.2, 0.25) is 5.88 Å². The second-order valence-corrected chi connectivity index (χ2v) is 6.48. The number of nitro benzene ring substituents is 1. The van der Waals surface area contributed by atoms with Gasteiger partial charge in [0.1, 0.15) is 12.2 Å². The van der Waals surface area contributed by atoms with Gasteiger partial charge in [-0.2, -0.15) is 0 Å². The fraction of sp³-hybridized carbons (Fsp3) is 0.333. The van der Waals surface area contributed by atoms with Crippen molar-refractivity contribution in [1.29, 1.82) is 0 Å². The maximum Gasteiger partial charge on any atom is 0.313 e. The minimum atomic E-state index is -1.09. The first-order chi connectivity index (χ1) is 12.8. The SMILES string of the molecule is CC1=Nc2ncnc(OC(C)C)c2C(c2cccc([N+](=O)[O-])c2)C1C(=O)O. The molecular formula is C18H18N4O5. The van der Waals surface area contributed by atoms with Crippen LogP contribution in [-0.2, 0) is 4.79 Å². The van der Waals surface area contributed by atoms with Gasteiger partial charge in [0.15, 0.2) is 5.82 Å². The number of fused-ring (bicyclic) bond motifs is 1. The maximum atomic E-state index is 12.0. The van der Waals surface area contributed by atoms with Crippen molar-refractivity contribution >= 4 is 23.2 Å². The lowest BCUT2D eigenvalue weighted by Gasteiger charge is -2.30. The maximum absolute atomic E-state index is 12.0. The molecule has 2 aromatic rings. The Bertz CT molecular complexity index is 941. The fourth-order valence-corrected chi connectivity index (χ4v) is 3.21. The van der Waals surface area contributed by atoms with Crippen LogP contribution in [0.15, 0.2) is 35.6 Å². The Kier molecular flexibility index (Phi) is 4.85. The van der Waals surface area contributed by atoms with E-state index < -0.39 is 22.7 Å². The van der Waals surface area contributed by atoms with Crippen LogP contribution in [0.5, 0.6) is 5.88 Å². The monoisotopic (exact) mass is 370 g/mol. The van der Waals surface area contributed by atoms with E-state index in [1.165, 1.54) is 24.5 Å². The number of aliphatic carboxylic acids is 1. The van der Waals surface area contributed by atoms with Gasteiger partial charge in [-0.15, -0.1) is 0 Å². The molecule has 1 aromatic heterocycles. The summed E-state index contributed by atoms with van der Waals surface area (Å²) in [5, 5.41) is 21.0. The largest absolute Gasteiger partial charge is 0.481 e. The van der Waals surface area contributed by atoms with Crippen LogP contribution < -0.4 is 4.74 Å². The molecule has 0 bridgehead atoms. The van der Waals surface area contributed by atoms with Gasteiger partial charge in [-0.25, -0.2) is 15.0 Å². The number of rotatable bonds is 5. The van der Waals surface area contributed by atoms with E-state index in [1.807, 2.05) is 13.8 Å². The van der Waals surface area contributed by atoms with Crippen molar-refractivity contribution in [3.05, 3.63) is 51.8 Å². The average molecular weight is 370 g/mol. The zero-order chi connectivity index (χ0) is 19.7. The normalized spacial score (nSPS) is 18.6. The second kappa shape index (κ2) is 7.10. The van der Waals surface area contributed by atoms with Gasteiger partial charge < -0.3 is 9.84 Å². The molecule has 140 valence electrons. The predicted molar refractivity (Wildman–Crippen MR) is 96.6 cm³/mol. The summed E-state index contributed by atoms with van der Waals surface area (Å²) in [5.41, 5.74) is 1.13. The summed E-state index contributed by atoms with van der Waals surface area (Å²) >= 11 is 0. The van der Waals surface area contributed by atoms with Crippen LogP contribution >= 0.6 is 0 Å². The molecule has 2 heterocycles. The average Bonchev–Trinajstić information content (AvgIpc) is 2.60. The first-order valence-electron chi connectivity index (χ1n) is 8.33. The number of hydrogen-bond acceptors (Lipinski definition) is 7. The van der Waals surface area contributed by atoms with Crippen molar-refractivity contribution in [3.8, 4) is 5.88 Å². The number of hydrogen-bond donors (Lipinski definition) is 1. The number of ether oxygens (including phenoxy) is 1. The summed E-state index contributed by atoms with van der Waals surface area (Å²) in [4.78, 5) is 35.3. The van der Waals surface area contributed by atoms with E-state index in [0.29, 0.717) is 22.7 Å². The number of aromatic nitrogens is 2. The van der Waals surface area contributed by atoms with Gasteiger partial charge in [-0.3, -0.25) is 14.9 Å². The van der Waals surface area contributed by atoms with Crippen molar-refractivity contribution in [2.75, 3.05) is 0 Å². The van der Waals surface area contributed by atoms with Crippen LogP contribution in [0.2, 0.25) is 0 Å². The molecule has 0 spiro atoms. The second-order valence-electron chi connectivity index (χ2n) is 6.48. The van der Waals surface area contributed by atoms with Gasteiger partial charge in [-0.05, 0) is 26.3 Å². The van der Waals surface area contributed by atoms with Crippen molar-refractivity contribution in [3.63, 3.8) is 0 Å².